The number of halogens is 1. The van der Waals surface area contributed by atoms with Crippen LogP contribution in [0.25, 0.3) is 11.0 Å². The van der Waals surface area contributed by atoms with Crippen molar-refractivity contribution in [3.8, 4) is 0 Å². The molecule has 1 unspecified atom stereocenters. The first-order valence-electron chi connectivity index (χ1n) is 6.77. The van der Waals surface area contributed by atoms with Crippen molar-refractivity contribution in [1.29, 1.82) is 0 Å². The van der Waals surface area contributed by atoms with E-state index in [9.17, 15) is 4.79 Å². The van der Waals surface area contributed by atoms with Gasteiger partial charge in [0.15, 0.2) is 0 Å². The normalized spacial score (nSPS) is 12.5. The maximum atomic E-state index is 11.3. The SMILES string of the molecule is Cc1cc(Br)cc(NC(C)c2ccc3[nH]c(=O)[nH]c3c2)c1. The number of aromatic amines is 2. The molecule has 2 aromatic carbocycles. The summed E-state index contributed by atoms with van der Waals surface area (Å²) in [5.74, 6) is 0. The highest BCUT2D eigenvalue weighted by Crippen LogP contribution is 2.24. The van der Waals surface area contributed by atoms with E-state index in [-0.39, 0.29) is 11.7 Å². The fraction of sp³-hybridized carbons (Fsp3) is 0.188. The Bertz CT molecular complexity index is 830. The summed E-state index contributed by atoms with van der Waals surface area (Å²) < 4.78 is 1.06. The monoisotopic (exact) mass is 345 g/mol. The number of rotatable bonds is 3. The number of H-pyrrole nitrogens is 2. The zero-order valence-electron chi connectivity index (χ0n) is 11.8. The van der Waals surface area contributed by atoms with Crippen molar-refractivity contribution < 1.29 is 0 Å². The maximum Gasteiger partial charge on any atom is 0.323 e. The Hall–Kier alpha value is -2.01. The first-order valence-corrected chi connectivity index (χ1v) is 7.56. The van der Waals surface area contributed by atoms with Crippen molar-refractivity contribution in [3.63, 3.8) is 0 Å². The summed E-state index contributed by atoms with van der Waals surface area (Å²) in [5, 5.41) is 3.48. The highest BCUT2D eigenvalue weighted by Gasteiger charge is 2.08. The summed E-state index contributed by atoms with van der Waals surface area (Å²) in [6.07, 6.45) is 0. The molecule has 0 aliphatic heterocycles. The van der Waals surface area contributed by atoms with Crippen molar-refractivity contribution in [2.45, 2.75) is 19.9 Å². The van der Waals surface area contributed by atoms with Crippen molar-refractivity contribution in [2.75, 3.05) is 5.32 Å². The lowest BCUT2D eigenvalue weighted by molar-refractivity contribution is 0.886. The zero-order chi connectivity index (χ0) is 15.0. The fourth-order valence-corrected chi connectivity index (χ4v) is 3.08. The van der Waals surface area contributed by atoms with Crippen LogP contribution in [-0.4, -0.2) is 9.97 Å². The summed E-state index contributed by atoms with van der Waals surface area (Å²) in [7, 11) is 0. The lowest BCUT2D eigenvalue weighted by Gasteiger charge is -2.16. The zero-order valence-corrected chi connectivity index (χ0v) is 13.4. The van der Waals surface area contributed by atoms with Crippen LogP contribution in [0.2, 0.25) is 0 Å². The van der Waals surface area contributed by atoms with Crippen molar-refractivity contribution in [3.05, 3.63) is 62.5 Å². The maximum absolute atomic E-state index is 11.3. The number of fused-ring (bicyclic) bond motifs is 1. The molecule has 0 bridgehead atoms. The topological polar surface area (TPSA) is 60.7 Å². The molecular formula is C16H16BrN3O. The molecule has 3 aromatic rings. The molecule has 0 spiro atoms. The predicted octanol–water partition coefficient (Wildman–Crippen LogP) is 4.10. The van der Waals surface area contributed by atoms with Gasteiger partial charge in [-0.05, 0) is 55.3 Å². The average Bonchev–Trinajstić information content (AvgIpc) is 2.76. The molecule has 0 aliphatic rings. The minimum atomic E-state index is -0.176. The molecule has 0 fully saturated rings. The van der Waals surface area contributed by atoms with Gasteiger partial charge in [0.2, 0.25) is 0 Å². The third kappa shape index (κ3) is 3.03. The molecule has 5 heteroatoms. The number of benzene rings is 2. The minimum Gasteiger partial charge on any atom is -0.378 e. The van der Waals surface area contributed by atoms with E-state index in [0.29, 0.717) is 0 Å². The van der Waals surface area contributed by atoms with Gasteiger partial charge in [-0.15, -0.1) is 0 Å². The number of anilines is 1. The van der Waals surface area contributed by atoms with E-state index in [2.05, 4.69) is 63.3 Å². The fourth-order valence-electron chi connectivity index (χ4n) is 2.47. The van der Waals surface area contributed by atoms with Crippen LogP contribution in [0.15, 0.2) is 45.7 Å². The summed E-state index contributed by atoms with van der Waals surface area (Å²) >= 11 is 3.51. The molecule has 3 N–H and O–H groups in total. The van der Waals surface area contributed by atoms with E-state index < -0.39 is 0 Å². The number of imidazole rings is 1. The van der Waals surface area contributed by atoms with Gasteiger partial charge < -0.3 is 15.3 Å². The Labute approximate surface area is 130 Å². The molecule has 1 aromatic heterocycles. The molecular weight excluding hydrogens is 330 g/mol. The van der Waals surface area contributed by atoms with Crippen LogP contribution in [0.1, 0.15) is 24.1 Å². The van der Waals surface area contributed by atoms with Crippen LogP contribution in [-0.2, 0) is 0 Å². The number of aryl methyl sites for hydroxylation is 1. The second-order valence-electron chi connectivity index (χ2n) is 5.27. The quantitative estimate of drug-likeness (QED) is 0.669. The number of hydrogen-bond acceptors (Lipinski definition) is 2. The van der Waals surface area contributed by atoms with Crippen LogP contribution < -0.4 is 11.0 Å². The van der Waals surface area contributed by atoms with E-state index in [4.69, 9.17) is 0 Å². The summed E-state index contributed by atoms with van der Waals surface area (Å²) in [4.78, 5) is 16.8. The standard InChI is InChI=1S/C16H16BrN3O/c1-9-5-12(17)8-13(6-9)18-10(2)11-3-4-14-15(7-11)20-16(21)19-14/h3-8,10,18H,1-2H3,(H2,19,20,21). The van der Waals surface area contributed by atoms with Crippen molar-refractivity contribution >= 4 is 32.7 Å². The second-order valence-corrected chi connectivity index (χ2v) is 6.18. The Morgan fingerprint density at radius 2 is 1.86 bits per heavy atom. The van der Waals surface area contributed by atoms with Crippen molar-refractivity contribution in [2.24, 2.45) is 0 Å². The van der Waals surface area contributed by atoms with Gasteiger partial charge in [0.05, 0.1) is 11.0 Å². The van der Waals surface area contributed by atoms with Crippen LogP contribution in [0, 0.1) is 6.92 Å². The Balaban J connectivity index is 1.88. The summed E-state index contributed by atoms with van der Waals surface area (Å²) in [6, 6.07) is 12.3. The van der Waals surface area contributed by atoms with Crippen LogP contribution >= 0.6 is 15.9 Å². The predicted molar refractivity (Wildman–Crippen MR) is 89.8 cm³/mol. The van der Waals surface area contributed by atoms with Crippen LogP contribution in [0.4, 0.5) is 5.69 Å². The number of hydrogen-bond donors (Lipinski definition) is 3. The van der Waals surface area contributed by atoms with Crippen LogP contribution in [0.5, 0.6) is 0 Å². The molecule has 1 atom stereocenters. The minimum absolute atomic E-state index is 0.140. The first kappa shape index (κ1) is 13.9. The van der Waals surface area contributed by atoms with E-state index in [1.54, 1.807) is 0 Å². The molecule has 0 radical (unpaired) electrons. The van der Waals surface area contributed by atoms with Crippen LogP contribution in [0.3, 0.4) is 0 Å². The van der Waals surface area contributed by atoms with Gasteiger partial charge in [-0.1, -0.05) is 22.0 Å². The average molecular weight is 346 g/mol. The molecule has 0 amide bonds. The molecule has 21 heavy (non-hydrogen) atoms. The smallest absolute Gasteiger partial charge is 0.323 e. The lowest BCUT2D eigenvalue weighted by Crippen LogP contribution is -2.06. The molecule has 0 saturated heterocycles. The molecule has 1 heterocycles. The summed E-state index contributed by atoms with van der Waals surface area (Å²) in [6.45, 7) is 4.17. The van der Waals surface area contributed by atoms with E-state index in [1.165, 1.54) is 5.56 Å². The number of aromatic nitrogens is 2. The summed E-state index contributed by atoms with van der Waals surface area (Å²) in [5.41, 5.74) is 4.87. The Morgan fingerprint density at radius 3 is 2.62 bits per heavy atom. The first-order chi connectivity index (χ1) is 10.0. The van der Waals surface area contributed by atoms with E-state index in [0.717, 1.165) is 26.8 Å². The molecule has 108 valence electrons. The molecule has 3 rings (SSSR count). The molecule has 0 aliphatic carbocycles. The van der Waals surface area contributed by atoms with Gasteiger partial charge in [0, 0.05) is 16.2 Å². The van der Waals surface area contributed by atoms with Gasteiger partial charge >= 0.3 is 5.69 Å². The van der Waals surface area contributed by atoms with Crippen molar-refractivity contribution in [1.82, 2.24) is 9.97 Å². The third-order valence-corrected chi connectivity index (χ3v) is 3.92. The Morgan fingerprint density at radius 1 is 1.10 bits per heavy atom. The largest absolute Gasteiger partial charge is 0.378 e. The Kier molecular flexibility index (Phi) is 3.59. The highest BCUT2D eigenvalue weighted by molar-refractivity contribution is 9.10. The van der Waals surface area contributed by atoms with E-state index >= 15 is 0 Å². The number of nitrogens with one attached hydrogen (secondary N) is 3. The van der Waals surface area contributed by atoms with Gasteiger partial charge in [0.25, 0.3) is 0 Å². The lowest BCUT2D eigenvalue weighted by atomic mass is 10.1. The van der Waals surface area contributed by atoms with Gasteiger partial charge in [-0.3, -0.25) is 0 Å². The van der Waals surface area contributed by atoms with Gasteiger partial charge in [-0.2, -0.15) is 0 Å². The third-order valence-electron chi connectivity index (χ3n) is 3.47. The molecule has 0 saturated carbocycles. The highest BCUT2D eigenvalue weighted by atomic mass is 79.9. The van der Waals surface area contributed by atoms with Gasteiger partial charge in [0.1, 0.15) is 0 Å². The molecule has 4 nitrogen and oxygen atoms in total. The van der Waals surface area contributed by atoms with E-state index in [1.807, 2.05) is 18.2 Å². The van der Waals surface area contributed by atoms with Gasteiger partial charge in [-0.25, -0.2) is 4.79 Å². The second kappa shape index (κ2) is 5.41.